The van der Waals surface area contributed by atoms with Crippen LogP contribution >= 0.6 is 0 Å². The average Bonchev–Trinajstić information content (AvgIpc) is 2.82. The molecule has 12 heteroatoms. The van der Waals surface area contributed by atoms with Crippen LogP contribution in [0.3, 0.4) is 0 Å². The van der Waals surface area contributed by atoms with E-state index in [0.29, 0.717) is 0 Å². The van der Waals surface area contributed by atoms with E-state index in [1.54, 1.807) is 0 Å². The zero-order chi connectivity index (χ0) is 15.1. The number of ether oxygens (including phenoxy) is 1. The van der Waals surface area contributed by atoms with Crippen LogP contribution in [0.4, 0.5) is 23.8 Å². The third-order valence-electron chi connectivity index (χ3n) is 2.35. The summed E-state index contributed by atoms with van der Waals surface area (Å²) in [4.78, 5) is 12.4. The van der Waals surface area contributed by atoms with E-state index in [1.165, 1.54) is 7.05 Å². The standard InChI is InChI=1S/C8H8F3N3O5S/c1-13-6(14-2-3-18-7(14)15)4-5(12-13)19-20(16,17)8(9,10)11/h4H,2-3H2,1H3. The lowest BCUT2D eigenvalue weighted by molar-refractivity contribution is -0.0501. The van der Waals surface area contributed by atoms with Crippen molar-refractivity contribution in [3.8, 4) is 5.88 Å². The van der Waals surface area contributed by atoms with Gasteiger partial charge in [-0.1, -0.05) is 0 Å². The van der Waals surface area contributed by atoms with Gasteiger partial charge in [0.2, 0.25) is 0 Å². The fourth-order valence-corrected chi connectivity index (χ4v) is 1.89. The van der Waals surface area contributed by atoms with Crippen molar-refractivity contribution < 1.29 is 35.3 Å². The maximum absolute atomic E-state index is 12.2. The van der Waals surface area contributed by atoms with Crippen LogP contribution in [0.1, 0.15) is 0 Å². The van der Waals surface area contributed by atoms with Crippen molar-refractivity contribution in [3.05, 3.63) is 6.07 Å². The molecule has 1 amide bonds. The third-order valence-corrected chi connectivity index (χ3v) is 3.31. The number of carbonyl (C=O) groups is 1. The van der Waals surface area contributed by atoms with E-state index in [2.05, 4.69) is 14.0 Å². The van der Waals surface area contributed by atoms with Gasteiger partial charge in [0.15, 0.2) is 0 Å². The summed E-state index contributed by atoms with van der Waals surface area (Å²) in [6.45, 7) is 0.283. The molecule has 20 heavy (non-hydrogen) atoms. The maximum atomic E-state index is 12.2. The minimum atomic E-state index is -5.80. The summed E-state index contributed by atoms with van der Waals surface area (Å²) in [5, 5.41) is 3.45. The Kier molecular flexibility index (Phi) is 3.28. The first kappa shape index (κ1) is 14.4. The van der Waals surface area contributed by atoms with Crippen LogP contribution in [0, 0.1) is 0 Å². The summed E-state index contributed by atoms with van der Waals surface area (Å²) in [5.41, 5.74) is -5.56. The number of alkyl halides is 3. The second kappa shape index (κ2) is 4.54. The molecule has 8 nitrogen and oxygen atoms in total. The summed E-state index contributed by atoms with van der Waals surface area (Å²) in [6, 6.07) is 0.899. The van der Waals surface area contributed by atoms with Crippen molar-refractivity contribution >= 4 is 22.0 Å². The molecule has 0 radical (unpaired) electrons. The topological polar surface area (TPSA) is 90.7 Å². The number of amides is 1. The number of aromatic nitrogens is 2. The Morgan fingerprint density at radius 1 is 1.45 bits per heavy atom. The van der Waals surface area contributed by atoms with E-state index in [9.17, 15) is 26.4 Å². The van der Waals surface area contributed by atoms with Crippen LogP contribution < -0.4 is 9.08 Å². The SMILES string of the molecule is Cn1nc(OS(=O)(=O)C(F)(F)F)cc1N1CCOC1=O. The van der Waals surface area contributed by atoms with Crippen LogP contribution in [0.25, 0.3) is 0 Å². The number of cyclic esters (lactones) is 1. The molecule has 0 aliphatic carbocycles. The zero-order valence-corrected chi connectivity index (χ0v) is 10.7. The summed E-state index contributed by atoms with van der Waals surface area (Å²) in [6.07, 6.45) is -0.710. The number of hydrogen-bond acceptors (Lipinski definition) is 6. The number of nitrogens with zero attached hydrogens (tertiary/aromatic N) is 3. The monoisotopic (exact) mass is 315 g/mol. The largest absolute Gasteiger partial charge is 0.534 e. The molecule has 112 valence electrons. The molecule has 0 aromatic carbocycles. The number of rotatable bonds is 3. The summed E-state index contributed by atoms with van der Waals surface area (Å²) < 4.78 is 67.6. The summed E-state index contributed by atoms with van der Waals surface area (Å²) >= 11 is 0. The minimum absolute atomic E-state index is 0.0554. The third kappa shape index (κ3) is 2.50. The molecule has 0 atom stereocenters. The van der Waals surface area contributed by atoms with Crippen molar-refractivity contribution in [2.75, 3.05) is 18.1 Å². The molecule has 1 aliphatic heterocycles. The highest BCUT2D eigenvalue weighted by molar-refractivity contribution is 7.87. The van der Waals surface area contributed by atoms with Crippen molar-refractivity contribution in [1.29, 1.82) is 0 Å². The number of aryl methyl sites for hydroxylation is 1. The van der Waals surface area contributed by atoms with Gasteiger partial charge in [-0.25, -0.2) is 9.48 Å². The van der Waals surface area contributed by atoms with E-state index in [1.807, 2.05) is 0 Å². The fraction of sp³-hybridized carbons (Fsp3) is 0.500. The van der Waals surface area contributed by atoms with Crippen LogP contribution in [0.15, 0.2) is 6.07 Å². The zero-order valence-electron chi connectivity index (χ0n) is 9.92. The quantitative estimate of drug-likeness (QED) is 0.599. The molecule has 0 bridgehead atoms. The molecule has 1 fully saturated rings. The van der Waals surface area contributed by atoms with E-state index < -0.39 is 27.6 Å². The van der Waals surface area contributed by atoms with Gasteiger partial charge in [0.05, 0.1) is 6.54 Å². The smallest absolute Gasteiger partial charge is 0.447 e. The molecule has 2 rings (SSSR count). The molecule has 1 aromatic rings. The molecule has 1 saturated heterocycles. The van der Waals surface area contributed by atoms with E-state index >= 15 is 0 Å². The highest BCUT2D eigenvalue weighted by atomic mass is 32.2. The van der Waals surface area contributed by atoms with Crippen molar-refractivity contribution in [2.45, 2.75) is 5.51 Å². The van der Waals surface area contributed by atoms with Gasteiger partial charge in [-0.3, -0.25) is 4.90 Å². The molecular formula is C8H8F3N3O5S. The maximum Gasteiger partial charge on any atom is 0.534 e. The van der Waals surface area contributed by atoms with Crippen LogP contribution in [0.5, 0.6) is 5.88 Å². The van der Waals surface area contributed by atoms with E-state index in [0.717, 1.165) is 15.6 Å². The first-order valence-corrected chi connectivity index (χ1v) is 6.52. The lowest BCUT2D eigenvalue weighted by Gasteiger charge is -2.10. The Morgan fingerprint density at radius 2 is 2.10 bits per heavy atom. The molecule has 0 saturated carbocycles. The van der Waals surface area contributed by atoms with Gasteiger partial charge in [0, 0.05) is 13.1 Å². The first-order valence-electron chi connectivity index (χ1n) is 5.11. The lowest BCUT2D eigenvalue weighted by atomic mass is 10.5. The van der Waals surface area contributed by atoms with Crippen LogP contribution in [-0.4, -0.2) is 43.0 Å². The van der Waals surface area contributed by atoms with Gasteiger partial charge < -0.3 is 8.92 Å². The fourth-order valence-electron chi connectivity index (χ4n) is 1.49. The van der Waals surface area contributed by atoms with Gasteiger partial charge in [-0.05, 0) is 0 Å². The molecule has 1 aromatic heterocycles. The summed E-state index contributed by atoms with van der Waals surface area (Å²) in [5.74, 6) is -0.737. The van der Waals surface area contributed by atoms with Gasteiger partial charge in [-0.15, -0.1) is 5.10 Å². The molecule has 0 unspecified atom stereocenters. The van der Waals surface area contributed by atoms with Crippen LogP contribution in [0.2, 0.25) is 0 Å². The van der Waals surface area contributed by atoms with Gasteiger partial charge in [0.25, 0.3) is 5.88 Å². The first-order chi connectivity index (χ1) is 9.12. The Bertz CT molecular complexity index is 638. The lowest BCUT2D eigenvalue weighted by Crippen LogP contribution is -2.28. The van der Waals surface area contributed by atoms with E-state index in [-0.39, 0.29) is 19.0 Å². The molecule has 1 aliphatic rings. The second-order valence-corrected chi connectivity index (χ2v) is 5.25. The second-order valence-electron chi connectivity index (χ2n) is 3.71. The normalized spacial score (nSPS) is 16.4. The molecule has 0 N–H and O–H groups in total. The number of carbonyl (C=O) groups excluding carboxylic acids is 1. The highest BCUT2D eigenvalue weighted by Gasteiger charge is 2.49. The molecular weight excluding hydrogens is 307 g/mol. The Morgan fingerprint density at radius 3 is 2.60 bits per heavy atom. The Balaban J connectivity index is 2.27. The van der Waals surface area contributed by atoms with Crippen molar-refractivity contribution in [3.63, 3.8) is 0 Å². The highest BCUT2D eigenvalue weighted by Crippen LogP contribution is 2.29. The van der Waals surface area contributed by atoms with E-state index in [4.69, 9.17) is 0 Å². The van der Waals surface area contributed by atoms with Gasteiger partial charge in [-0.2, -0.15) is 21.6 Å². The molecule has 0 spiro atoms. The predicted octanol–water partition coefficient (Wildman–Crippen LogP) is 0.605. The van der Waals surface area contributed by atoms with Gasteiger partial charge >= 0.3 is 21.7 Å². The molecule has 2 heterocycles. The number of halogens is 3. The Hall–Kier alpha value is -1.98. The van der Waals surface area contributed by atoms with Crippen molar-refractivity contribution in [2.24, 2.45) is 7.05 Å². The summed E-state index contributed by atoms with van der Waals surface area (Å²) in [7, 11) is -4.49. The predicted molar refractivity (Wildman–Crippen MR) is 57.5 cm³/mol. The van der Waals surface area contributed by atoms with Gasteiger partial charge in [0.1, 0.15) is 12.4 Å². The number of anilines is 1. The number of hydrogen-bond donors (Lipinski definition) is 0. The average molecular weight is 315 g/mol. The Labute approximate surface area is 110 Å². The minimum Gasteiger partial charge on any atom is -0.447 e. The van der Waals surface area contributed by atoms with Crippen LogP contribution in [-0.2, 0) is 21.9 Å². The van der Waals surface area contributed by atoms with Crippen molar-refractivity contribution in [1.82, 2.24) is 9.78 Å².